The Morgan fingerprint density at radius 2 is 0.938 bits per heavy atom. The molecule has 8 saturated carbocycles. The summed E-state index contributed by atoms with van der Waals surface area (Å²) in [4.78, 5) is 5.17. The first kappa shape index (κ1) is 44.8. The van der Waals surface area contributed by atoms with Crippen LogP contribution >= 0.6 is 0 Å². The fraction of sp³-hybridized carbons (Fsp3) is 0.270. The van der Waals surface area contributed by atoms with Gasteiger partial charge in [0.1, 0.15) is 0 Å². The highest BCUT2D eigenvalue weighted by Gasteiger charge is 2.54. The highest BCUT2D eigenvalue weighted by atomic mass is 16.6. The molecule has 5 nitrogen and oxygen atoms in total. The molecule has 80 heavy (non-hydrogen) atoms. The molecule has 0 unspecified atom stereocenters. The highest BCUT2D eigenvalue weighted by Crippen LogP contribution is 2.63. The minimum atomic E-state index is -0.156. The predicted molar refractivity (Wildman–Crippen MR) is 326 cm³/mol. The van der Waals surface area contributed by atoms with E-state index in [4.69, 9.17) is 9.47 Å². The van der Waals surface area contributed by atoms with Gasteiger partial charge in [-0.15, -0.1) is 0 Å². The van der Waals surface area contributed by atoms with Crippen LogP contribution in [0.4, 0.5) is 28.4 Å². The molecule has 388 valence electrons. The normalized spacial score (nSPS) is 26.4. The van der Waals surface area contributed by atoms with Crippen molar-refractivity contribution in [1.82, 2.24) is 4.57 Å². The van der Waals surface area contributed by atoms with Crippen molar-refractivity contribution in [1.29, 1.82) is 0 Å². The second kappa shape index (κ2) is 16.3. The summed E-state index contributed by atoms with van der Waals surface area (Å²) in [5, 5.41) is 2.88. The van der Waals surface area contributed by atoms with E-state index in [1.165, 1.54) is 132 Å². The average molecular weight is 1040 g/mol. The molecule has 9 aromatic carbocycles. The van der Waals surface area contributed by atoms with Gasteiger partial charge in [-0.2, -0.15) is 0 Å². The van der Waals surface area contributed by atoms with Crippen LogP contribution in [0.2, 0.25) is 0 Å². The monoisotopic (exact) mass is 1040 g/mol. The molecule has 4 heterocycles. The van der Waals surface area contributed by atoms with Crippen LogP contribution in [-0.2, 0) is 10.8 Å². The van der Waals surface area contributed by atoms with E-state index in [2.05, 4.69) is 184 Å². The molecule has 0 N–H and O–H groups in total. The molecule has 10 aromatic rings. The first-order valence-corrected chi connectivity index (χ1v) is 30.2. The van der Waals surface area contributed by atoms with Crippen molar-refractivity contribution < 1.29 is 9.47 Å². The summed E-state index contributed by atoms with van der Waals surface area (Å²) in [6.45, 7) is -0.156. The van der Waals surface area contributed by atoms with Crippen LogP contribution in [0.3, 0.4) is 0 Å². The Morgan fingerprint density at radius 1 is 0.412 bits per heavy atom. The van der Waals surface area contributed by atoms with Crippen LogP contribution in [0.15, 0.2) is 194 Å². The molecule has 8 fully saturated rings. The lowest BCUT2D eigenvalue weighted by molar-refractivity contribution is -0.00526. The van der Waals surface area contributed by atoms with E-state index in [0.29, 0.717) is 0 Å². The van der Waals surface area contributed by atoms with E-state index in [9.17, 15) is 0 Å². The van der Waals surface area contributed by atoms with Crippen LogP contribution < -0.4 is 30.1 Å². The van der Waals surface area contributed by atoms with Crippen molar-refractivity contribution in [3.63, 3.8) is 0 Å². The molecule has 0 saturated heterocycles. The summed E-state index contributed by atoms with van der Waals surface area (Å²) >= 11 is 0. The Hall–Kier alpha value is -7.96. The Balaban J connectivity index is 0.928. The average Bonchev–Trinajstić information content (AvgIpc) is 4.04. The van der Waals surface area contributed by atoms with E-state index in [0.717, 1.165) is 92.5 Å². The van der Waals surface area contributed by atoms with Crippen molar-refractivity contribution in [3.05, 3.63) is 205 Å². The van der Waals surface area contributed by atoms with Gasteiger partial charge >= 0.3 is 6.85 Å². The number of ether oxygens (including phenoxy) is 2. The largest absolute Gasteiger partial charge is 0.449 e. The van der Waals surface area contributed by atoms with Gasteiger partial charge in [-0.3, -0.25) is 0 Å². The summed E-state index contributed by atoms with van der Waals surface area (Å²) < 4.78 is 16.6. The number of rotatable bonds is 7. The van der Waals surface area contributed by atoms with Gasteiger partial charge in [0.2, 0.25) is 0 Å². The number of anilines is 5. The standard InChI is InChI=1S/C74H62BN3O2/c1-4-12-51(13-5-1)52-20-23-57(24-21-52)78-65-38-70-69(79-67-18-10-11-19-68(67)80-70)37-60(65)61-35-58(76(55-14-6-2-7-15-55)56-16-8-3-9-17-56)36-66-71(61)75(78)63-34-54(74-42-48-29-49(43-74)31-50(30-48)44-74)33-62-59-32-53(22-25-64(59)77(66)72(62)63)73-39-45-26-46(40-73)28-47(27-45)41-73/h1-25,32-38,45-50H,26-31,39-44H2. The lowest BCUT2D eigenvalue weighted by atomic mass is 9.42. The number of aromatic nitrogens is 1. The Labute approximate surface area is 468 Å². The molecule has 0 spiro atoms. The second-order valence-electron chi connectivity index (χ2n) is 26.5. The second-order valence-corrected chi connectivity index (χ2v) is 26.5. The molecular weight excluding hydrogens is 974 g/mol. The molecule has 3 aliphatic heterocycles. The first-order valence-electron chi connectivity index (χ1n) is 30.2. The zero-order chi connectivity index (χ0) is 52.0. The van der Waals surface area contributed by atoms with E-state index in [1.807, 2.05) is 24.3 Å². The van der Waals surface area contributed by atoms with Gasteiger partial charge in [0.15, 0.2) is 23.0 Å². The zero-order valence-corrected chi connectivity index (χ0v) is 45.2. The molecule has 8 bridgehead atoms. The molecule has 0 amide bonds. The van der Waals surface area contributed by atoms with Crippen molar-refractivity contribution in [2.75, 3.05) is 9.71 Å². The van der Waals surface area contributed by atoms with E-state index in [-0.39, 0.29) is 17.7 Å². The number of fused-ring (bicyclic) bond motifs is 9. The van der Waals surface area contributed by atoms with Gasteiger partial charge < -0.3 is 23.8 Å². The third-order valence-corrected chi connectivity index (χ3v) is 21.8. The van der Waals surface area contributed by atoms with Crippen molar-refractivity contribution >= 4 is 68.0 Å². The van der Waals surface area contributed by atoms with Crippen molar-refractivity contribution in [2.24, 2.45) is 35.5 Å². The lowest BCUT2D eigenvalue weighted by Gasteiger charge is -2.57. The fourth-order valence-electron chi connectivity index (χ4n) is 19.5. The fourth-order valence-corrected chi connectivity index (χ4v) is 19.5. The van der Waals surface area contributed by atoms with Crippen molar-refractivity contribution in [3.8, 4) is 50.9 Å². The number of hydrogen-bond donors (Lipinski definition) is 0. The van der Waals surface area contributed by atoms with Gasteiger partial charge in [0.05, 0.1) is 11.0 Å². The Bertz CT molecular complexity index is 4110. The lowest BCUT2D eigenvalue weighted by Crippen LogP contribution is -2.61. The Morgan fingerprint density at radius 3 is 1.54 bits per heavy atom. The molecule has 8 aliphatic carbocycles. The zero-order valence-electron chi connectivity index (χ0n) is 45.2. The minimum Gasteiger partial charge on any atom is -0.449 e. The van der Waals surface area contributed by atoms with Gasteiger partial charge in [0.25, 0.3) is 0 Å². The number of benzene rings is 9. The molecule has 0 radical (unpaired) electrons. The van der Waals surface area contributed by atoms with E-state index >= 15 is 0 Å². The summed E-state index contributed by atoms with van der Waals surface area (Å²) in [6, 6.07) is 73.5. The maximum atomic E-state index is 6.92. The molecule has 11 aliphatic rings. The van der Waals surface area contributed by atoms with Crippen LogP contribution in [-0.4, -0.2) is 11.4 Å². The van der Waals surface area contributed by atoms with Gasteiger partial charge in [-0.1, -0.05) is 103 Å². The third-order valence-electron chi connectivity index (χ3n) is 21.8. The number of nitrogens with zero attached hydrogens (tertiary/aromatic N) is 3. The molecule has 0 atom stereocenters. The summed E-state index contributed by atoms with van der Waals surface area (Å²) in [5.41, 5.74) is 20.8. The maximum absolute atomic E-state index is 6.92. The van der Waals surface area contributed by atoms with Crippen LogP contribution in [0.25, 0.3) is 49.7 Å². The number of para-hydroxylation sites is 4. The maximum Gasteiger partial charge on any atom is 0.333 e. The smallest absolute Gasteiger partial charge is 0.333 e. The third kappa shape index (κ3) is 6.42. The van der Waals surface area contributed by atoms with E-state index < -0.39 is 0 Å². The van der Waals surface area contributed by atoms with Crippen LogP contribution in [0.5, 0.6) is 23.0 Å². The van der Waals surface area contributed by atoms with Crippen LogP contribution in [0, 0.1) is 35.5 Å². The quantitative estimate of drug-likeness (QED) is 0.149. The SMILES string of the molecule is c1ccc(-c2ccc(N3B4c5c(cc(N(c6ccccc6)c6ccccc6)cc5-n5c6ccc(C78CC9CC(CC(C9)C7)C8)cc6c6cc(C78CC9CC(CC(C9)C7)C8)cc4c65)-c4cc5c(cc43)Oc3ccccc3O5)cc2)cc1. The first-order chi connectivity index (χ1) is 39.4. The topological polar surface area (TPSA) is 29.9 Å². The summed E-state index contributed by atoms with van der Waals surface area (Å²) in [7, 11) is 0. The predicted octanol–water partition coefficient (Wildman–Crippen LogP) is 18.0. The molecule has 6 heteroatoms. The van der Waals surface area contributed by atoms with Gasteiger partial charge in [-0.25, -0.2) is 0 Å². The highest BCUT2D eigenvalue weighted by molar-refractivity contribution is 6.93. The molecule has 1 aromatic heterocycles. The minimum absolute atomic E-state index is 0.156. The van der Waals surface area contributed by atoms with Gasteiger partial charge in [0, 0.05) is 56.5 Å². The van der Waals surface area contributed by atoms with Gasteiger partial charge in [-0.05, 0) is 247 Å². The van der Waals surface area contributed by atoms with Crippen LogP contribution in [0.1, 0.15) is 88.2 Å². The molecule has 21 rings (SSSR count). The van der Waals surface area contributed by atoms with E-state index in [1.54, 1.807) is 11.1 Å². The van der Waals surface area contributed by atoms with Crippen molar-refractivity contribution in [2.45, 2.75) is 87.9 Å². The number of hydrogen-bond acceptors (Lipinski definition) is 4. The Kier molecular flexibility index (Phi) is 9.16. The molecular formula is C74H62BN3O2. The summed E-state index contributed by atoms with van der Waals surface area (Å²) in [6.07, 6.45) is 16.7. The summed E-state index contributed by atoms with van der Waals surface area (Å²) in [5.74, 6) is 8.07.